The third kappa shape index (κ3) is 4.98. The van der Waals surface area contributed by atoms with Gasteiger partial charge in [-0.3, -0.25) is 0 Å². The molecule has 0 atom stereocenters. The molecular weight excluding hydrogens is 681 g/mol. The van der Waals surface area contributed by atoms with Crippen molar-refractivity contribution in [2.24, 2.45) is 0 Å². The largest absolute Gasteiger partial charge is 0.417 e. The quantitative estimate of drug-likeness (QED) is 0.171. The molecule has 244 valence electrons. The molecule has 3 nitrogen and oxygen atoms in total. The van der Waals surface area contributed by atoms with Gasteiger partial charge in [0, 0.05) is 31.9 Å². The first kappa shape index (κ1) is 31.2. The lowest BCUT2D eigenvalue weighted by molar-refractivity contribution is -0.147. The Morgan fingerprint density at radius 2 is 1.08 bits per heavy atom. The maximum absolute atomic E-state index is 13.7. The Bertz CT molecular complexity index is 2660. The van der Waals surface area contributed by atoms with E-state index < -0.39 is 43.1 Å². The van der Waals surface area contributed by atoms with E-state index in [0.717, 1.165) is 49.7 Å². The van der Waals surface area contributed by atoms with E-state index in [-0.39, 0.29) is 0 Å². The number of sulfone groups is 1. The summed E-state index contributed by atoms with van der Waals surface area (Å²) in [5.41, 5.74) is 0.413. The molecular formula is C38H21F6NO2S2. The van der Waals surface area contributed by atoms with Crippen molar-refractivity contribution < 1.29 is 34.8 Å². The van der Waals surface area contributed by atoms with Crippen LogP contribution in [0.25, 0.3) is 58.8 Å². The van der Waals surface area contributed by atoms with Crippen molar-refractivity contribution in [3.8, 4) is 16.8 Å². The summed E-state index contributed by atoms with van der Waals surface area (Å²) in [5.74, 6) is 0. The molecule has 0 unspecified atom stereocenters. The van der Waals surface area contributed by atoms with Crippen molar-refractivity contribution in [3.63, 3.8) is 0 Å². The zero-order valence-corrected chi connectivity index (χ0v) is 26.6. The first-order valence-electron chi connectivity index (χ1n) is 14.9. The predicted molar refractivity (Wildman–Crippen MR) is 181 cm³/mol. The van der Waals surface area contributed by atoms with Crippen molar-refractivity contribution in [2.45, 2.75) is 22.1 Å². The molecule has 6 aromatic carbocycles. The fourth-order valence-corrected chi connectivity index (χ4v) is 9.44. The summed E-state index contributed by atoms with van der Waals surface area (Å²) in [6.07, 6.45) is -10.7. The van der Waals surface area contributed by atoms with Crippen LogP contribution in [0.2, 0.25) is 0 Å². The number of fused-ring (bicyclic) bond motifs is 7. The second kappa shape index (κ2) is 10.9. The third-order valence-corrected chi connectivity index (χ3v) is 11.8. The highest BCUT2D eigenvalue weighted by Crippen LogP contribution is 2.45. The number of hydrogen-bond acceptors (Lipinski definition) is 3. The van der Waals surface area contributed by atoms with Crippen LogP contribution < -0.4 is 0 Å². The summed E-state index contributed by atoms with van der Waals surface area (Å²) in [6, 6.07) is 34.2. The Hall–Kier alpha value is -5.13. The highest BCUT2D eigenvalue weighted by molar-refractivity contribution is 7.91. The molecule has 0 amide bonds. The van der Waals surface area contributed by atoms with E-state index in [4.69, 9.17) is 0 Å². The van der Waals surface area contributed by atoms with Gasteiger partial charge >= 0.3 is 12.4 Å². The molecule has 0 N–H and O–H groups in total. The monoisotopic (exact) mass is 701 g/mol. The Kier molecular flexibility index (Phi) is 6.96. The number of halogens is 6. The van der Waals surface area contributed by atoms with Crippen LogP contribution in [-0.4, -0.2) is 13.0 Å². The fourth-order valence-electron chi connectivity index (χ4n) is 6.52. The summed E-state index contributed by atoms with van der Waals surface area (Å²) in [6.45, 7) is 0. The molecule has 0 aliphatic heterocycles. The molecule has 49 heavy (non-hydrogen) atoms. The average Bonchev–Trinajstić information content (AvgIpc) is 3.63. The predicted octanol–water partition coefficient (Wildman–Crippen LogP) is 11.7. The third-order valence-electron chi connectivity index (χ3n) is 8.70. The molecule has 0 saturated carbocycles. The molecule has 0 spiro atoms. The molecule has 8 rings (SSSR count). The molecule has 11 heteroatoms. The second-order valence-corrected chi connectivity index (χ2v) is 14.5. The Balaban J connectivity index is 1.21. The van der Waals surface area contributed by atoms with Crippen molar-refractivity contribution in [3.05, 3.63) is 139 Å². The van der Waals surface area contributed by atoms with Gasteiger partial charge in [-0.15, -0.1) is 11.3 Å². The second-order valence-electron chi connectivity index (χ2n) is 11.5. The maximum atomic E-state index is 13.7. The van der Waals surface area contributed by atoms with Crippen LogP contribution in [0.4, 0.5) is 26.3 Å². The minimum atomic E-state index is -5.33. The summed E-state index contributed by atoms with van der Waals surface area (Å²) in [4.78, 5) is -2.50. The number of aromatic nitrogens is 1. The number of thiophene rings is 1. The molecule has 2 aromatic heterocycles. The van der Waals surface area contributed by atoms with Crippen LogP contribution in [0.3, 0.4) is 0 Å². The number of nitrogens with zero attached hydrogens (tertiary/aromatic N) is 1. The number of alkyl halides is 6. The van der Waals surface area contributed by atoms with E-state index in [0.29, 0.717) is 29.3 Å². The number of rotatable bonds is 4. The lowest BCUT2D eigenvalue weighted by Gasteiger charge is -2.19. The first-order chi connectivity index (χ1) is 23.3. The van der Waals surface area contributed by atoms with E-state index in [1.807, 2.05) is 48.5 Å². The topological polar surface area (TPSA) is 39.1 Å². The van der Waals surface area contributed by atoms with Crippen molar-refractivity contribution in [2.75, 3.05) is 0 Å². The summed E-state index contributed by atoms with van der Waals surface area (Å²) >= 11 is 1.73. The smallest absolute Gasteiger partial charge is 0.308 e. The van der Waals surface area contributed by atoms with E-state index >= 15 is 0 Å². The van der Waals surface area contributed by atoms with Gasteiger partial charge in [0.05, 0.1) is 36.7 Å². The summed E-state index contributed by atoms with van der Waals surface area (Å²) in [5, 5.41) is 4.54. The normalized spacial score (nSPS) is 12.9. The van der Waals surface area contributed by atoms with Gasteiger partial charge < -0.3 is 4.57 Å². The maximum Gasteiger partial charge on any atom is 0.417 e. The lowest BCUT2D eigenvalue weighted by atomic mass is 10.1. The summed E-state index contributed by atoms with van der Waals surface area (Å²) < 4.78 is 114. The van der Waals surface area contributed by atoms with E-state index in [9.17, 15) is 34.8 Å². The number of benzene rings is 6. The summed E-state index contributed by atoms with van der Waals surface area (Å²) in [7, 11) is -5.21. The minimum Gasteiger partial charge on any atom is -0.308 e. The highest BCUT2D eigenvalue weighted by atomic mass is 32.2. The number of hydrogen-bond donors (Lipinski definition) is 0. The fraction of sp³-hybridized carbons (Fsp3) is 0.0526. The molecule has 0 fully saturated rings. The Morgan fingerprint density at radius 3 is 1.71 bits per heavy atom. The van der Waals surface area contributed by atoms with Crippen LogP contribution in [0.5, 0.6) is 0 Å². The number of para-hydroxylation sites is 1. The van der Waals surface area contributed by atoms with Crippen molar-refractivity contribution >= 4 is 63.2 Å². The zero-order chi connectivity index (χ0) is 34.3. The molecule has 2 heterocycles. The van der Waals surface area contributed by atoms with Crippen molar-refractivity contribution in [1.29, 1.82) is 0 Å². The van der Waals surface area contributed by atoms with Gasteiger partial charge in [0.15, 0.2) is 0 Å². The minimum absolute atomic E-state index is 0.334. The van der Waals surface area contributed by atoms with Crippen LogP contribution in [0.1, 0.15) is 11.1 Å². The van der Waals surface area contributed by atoms with Gasteiger partial charge in [-0.25, -0.2) is 8.42 Å². The molecule has 0 aliphatic carbocycles. The van der Waals surface area contributed by atoms with Gasteiger partial charge in [0.25, 0.3) is 0 Å². The molecule has 8 aromatic rings. The van der Waals surface area contributed by atoms with Crippen molar-refractivity contribution in [1.82, 2.24) is 4.57 Å². The van der Waals surface area contributed by atoms with E-state index in [2.05, 4.69) is 41.0 Å². The molecule has 0 bridgehead atoms. The SMILES string of the molecule is O=S(=O)(c1ccc(-c2ccc(-n3c4ccccc4c4ccc5c6ccccc6sc5c43)cc2)cc1)c1c(C(F)(F)F)cccc1C(F)(F)F. The Morgan fingerprint density at radius 1 is 0.531 bits per heavy atom. The first-order valence-corrected chi connectivity index (χ1v) is 17.2. The standard InChI is InChI=1S/C38H21F6NO2S2/c39-37(40,41)30-8-5-9-31(38(42,43)44)36(30)49(46,47)25-18-14-23(15-19-25)22-12-16-24(17-13-22)45-32-10-3-1-6-26(32)28-20-21-29-27-7-2-4-11-33(27)48-35(29)34(28)45/h1-21H. The Labute approximate surface area is 279 Å². The van der Waals surface area contributed by atoms with Gasteiger partial charge in [-0.2, -0.15) is 26.3 Å². The van der Waals surface area contributed by atoms with Gasteiger partial charge in [0.2, 0.25) is 9.84 Å². The van der Waals surface area contributed by atoms with Crippen LogP contribution in [0.15, 0.2) is 137 Å². The molecule has 0 saturated heterocycles. The van der Waals surface area contributed by atoms with Gasteiger partial charge in [-0.05, 0) is 59.7 Å². The van der Waals surface area contributed by atoms with Gasteiger partial charge in [0.1, 0.15) is 0 Å². The van der Waals surface area contributed by atoms with E-state index in [1.165, 1.54) is 22.2 Å². The zero-order valence-electron chi connectivity index (χ0n) is 25.0. The van der Waals surface area contributed by atoms with Gasteiger partial charge in [-0.1, -0.05) is 78.9 Å². The molecule has 0 radical (unpaired) electrons. The molecule has 0 aliphatic rings. The van der Waals surface area contributed by atoms with E-state index in [1.54, 1.807) is 11.3 Å². The van der Waals surface area contributed by atoms with Crippen LogP contribution >= 0.6 is 11.3 Å². The van der Waals surface area contributed by atoms with Crippen LogP contribution in [0, 0.1) is 0 Å². The lowest BCUT2D eigenvalue weighted by Crippen LogP contribution is -2.20. The van der Waals surface area contributed by atoms with Crippen LogP contribution in [-0.2, 0) is 22.2 Å². The highest BCUT2D eigenvalue weighted by Gasteiger charge is 2.45. The average molecular weight is 702 g/mol.